The van der Waals surface area contributed by atoms with Crippen LogP contribution in [0.15, 0.2) is 36.4 Å². The predicted molar refractivity (Wildman–Crippen MR) is 111 cm³/mol. The van der Waals surface area contributed by atoms with Crippen molar-refractivity contribution in [2.24, 2.45) is 0 Å². The van der Waals surface area contributed by atoms with Gasteiger partial charge in [0.25, 0.3) is 0 Å². The molecule has 0 unspecified atom stereocenters. The van der Waals surface area contributed by atoms with Crippen LogP contribution in [0.5, 0.6) is 0 Å². The molecule has 2 rings (SSSR count). The molecule has 1 radical (unpaired) electrons. The molecule has 2 aromatic carbocycles. The van der Waals surface area contributed by atoms with Crippen LogP contribution in [0.3, 0.4) is 0 Å². The fourth-order valence-electron chi connectivity index (χ4n) is 3.67. The van der Waals surface area contributed by atoms with Gasteiger partial charge in [0.2, 0.25) is 0 Å². The van der Waals surface area contributed by atoms with E-state index in [1.165, 1.54) is 84.7 Å². The van der Waals surface area contributed by atoms with Crippen LogP contribution in [0.4, 0.5) is 0 Å². The van der Waals surface area contributed by atoms with Crippen molar-refractivity contribution in [3.05, 3.63) is 76.2 Å². The molecule has 0 N–H and O–H groups in total. The topological polar surface area (TPSA) is 0 Å². The van der Waals surface area contributed by atoms with Crippen molar-refractivity contribution in [2.45, 2.75) is 79.1 Å². The molecule has 0 aromatic heterocycles. The number of rotatable bonds is 10. The van der Waals surface area contributed by atoms with Gasteiger partial charge in [-0.3, -0.25) is 0 Å². The summed E-state index contributed by atoms with van der Waals surface area (Å²) >= 11 is 0. The average Bonchev–Trinajstić information content (AvgIpc) is 2.55. The smallest absolute Gasteiger partial charge is 0.0199 e. The summed E-state index contributed by atoms with van der Waals surface area (Å²) in [5.74, 6) is 0. The summed E-state index contributed by atoms with van der Waals surface area (Å²) in [5, 5.41) is 0. The van der Waals surface area contributed by atoms with E-state index in [1.54, 1.807) is 0 Å². The maximum Gasteiger partial charge on any atom is 0.0199 e. The van der Waals surface area contributed by atoms with Crippen molar-refractivity contribution in [3.8, 4) is 0 Å². The summed E-state index contributed by atoms with van der Waals surface area (Å²) in [4.78, 5) is 0. The van der Waals surface area contributed by atoms with Crippen molar-refractivity contribution >= 4 is 0 Å². The Morgan fingerprint density at radius 2 is 0.760 bits per heavy atom. The maximum absolute atomic E-state index is 2.40. The first-order valence-electron chi connectivity index (χ1n) is 10.3. The molecule has 0 saturated heterocycles. The Kier molecular flexibility index (Phi) is 8.25. The third kappa shape index (κ3) is 6.34. The molecule has 0 atom stereocenters. The molecule has 0 heterocycles. The lowest BCUT2D eigenvalue weighted by atomic mass is 9.93. The van der Waals surface area contributed by atoms with Gasteiger partial charge in [-0.05, 0) is 59.1 Å². The highest BCUT2D eigenvalue weighted by Gasteiger charge is 2.06. The lowest BCUT2D eigenvalue weighted by molar-refractivity contribution is 0.890. The normalized spacial score (nSPS) is 11.0. The van der Waals surface area contributed by atoms with Crippen LogP contribution >= 0.6 is 0 Å². The predicted octanol–water partition coefficient (Wildman–Crippen LogP) is 7.10. The molecule has 0 amide bonds. The minimum Gasteiger partial charge on any atom is -0.0651 e. The number of benzene rings is 2. The van der Waals surface area contributed by atoms with Gasteiger partial charge in [0.1, 0.15) is 0 Å². The Morgan fingerprint density at radius 1 is 0.480 bits per heavy atom. The molecule has 25 heavy (non-hydrogen) atoms. The van der Waals surface area contributed by atoms with E-state index >= 15 is 0 Å². The fraction of sp³-hybridized carbons (Fsp3) is 0.480. The van der Waals surface area contributed by atoms with Crippen LogP contribution in [-0.4, -0.2) is 0 Å². The number of hydrogen-bond donors (Lipinski definition) is 0. The molecule has 2 aromatic rings. The highest BCUT2D eigenvalue weighted by Crippen LogP contribution is 2.21. The van der Waals surface area contributed by atoms with Gasteiger partial charge in [-0.2, -0.15) is 0 Å². The van der Waals surface area contributed by atoms with E-state index in [0.29, 0.717) is 0 Å². The van der Waals surface area contributed by atoms with E-state index in [2.05, 4.69) is 70.5 Å². The van der Waals surface area contributed by atoms with E-state index in [0.717, 1.165) is 0 Å². The maximum atomic E-state index is 2.40. The van der Waals surface area contributed by atoms with Gasteiger partial charge in [0, 0.05) is 6.42 Å². The Morgan fingerprint density at radius 3 is 1.00 bits per heavy atom. The molecule has 0 nitrogen and oxygen atoms in total. The number of hydrogen-bond acceptors (Lipinski definition) is 0. The van der Waals surface area contributed by atoms with Crippen LogP contribution in [0.25, 0.3) is 0 Å². The first kappa shape index (κ1) is 19.8. The lowest BCUT2D eigenvalue weighted by Crippen LogP contribution is -1.97. The molecule has 0 saturated carbocycles. The Balaban J connectivity index is 2.30. The van der Waals surface area contributed by atoms with Gasteiger partial charge < -0.3 is 0 Å². The second-order valence-electron chi connectivity index (χ2n) is 7.31. The quantitative estimate of drug-likeness (QED) is 0.434. The van der Waals surface area contributed by atoms with E-state index in [-0.39, 0.29) is 0 Å². The third-order valence-corrected chi connectivity index (χ3v) is 4.64. The first-order chi connectivity index (χ1) is 12.2. The summed E-state index contributed by atoms with van der Waals surface area (Å²) in [6, 6.07) is 14.3. The standard InChI is InChI=1S/C25H35/c1-5-9-20-13-21(10-6-2)16-24(15-20)19-25-17-22(11-7-3)14-23(18-25)12-8-4/h13-19H,5-12H2,1-4H3. The fourth-order valence-corrected chi connectivity index (χ4v) is 3.67. The summed E-state index contributed by atoms with van der Waals surface area (Å²) < 4.78 is 0. The van der Waals surface area contributed by atoms with Crippen LogP contribution in [0.1, 0.15) is 86.8 Å². The van der Waals surface area contributed by atoms with Crippen molar-refractivity contribution < 1.29 is 0 Å². The second kappa shape index (κ2) is 10.4. The minimum absolute atomic E-state index is 1.18. The summed E-state index contributed by atoms with van der Waals surface area (Å²) in [6.07, 6.45) is 11.9. The molecule has 0 fully saturated rings. The molecular formula is C25H35. The molecule has 0 aliphatic rings. The highest BCUT2D eigenvalue weighted by atomic mass is 14.1. The number of aryl methyl sites for hydroxylation is 4. The summed E-state index contributed by atoms with van der Waals surface area (Å²) in [5.41, 5.74) is 8.67. The highest BCUT2D eigenvalue weighted by molar-refractivity contribution is 5.44. The zero-order valence-electron chi connectivity index (χ0n) is 16.7. The SMILES string of the molecule is CCCc1cc([CH]c2cc(CCC)cc(CCC)c2)cc(CCC)c1. The molecule has 135 valence electrons. The largest absolute Gasteiger partial charge is 0.0651 e. The first-order valence-corrected chi connectivity index (χ1v) is 10.3. The minimum atomic E-state index is 1.18. The van der Waals surface area contributed by atoms with Gasteiger partial charge in [0.15, 0.2) is 0 Å². The van der Waals surface area contributed by atoms with Gasteiger partial charge >= 0.3 is 0 Å². The van der Waals surface area contributed by atoms with Gasteiger partial charge in [0.05, 0.1) is 0 Å². The van der Waals surface area contributed by atoms with Crippen molar-refractivity contribution in [2.75, 3.05) is 0 Å². The summed E-state index contributed by atoms with van der Waals surface area (Å²) in [7, 11) is 0. The van der Waals surface area contributed by atoms with Crippen LogP contribution in [0.2, 0.25) is 0 Å². The molecule has 0 spiro atoms. The van der Waals surface area contributed by atoms with Gasteiger partial charge in [-0.25, -0.2) is 0 Å². The van der Waals surface area contributed by atoms with Crippen LogP contribution < -0.4 is 0 Å². The van der Waals surface area contributed by atoms with E-state index in [9.17, 15) is 0 Å². The van der Waals surface area contributed by atoms with E-state index in [4.69, 9.17) is 0 Å². The molecule has 0 heteroatoms. The Labute approximate surface area is 155 Å². The van der Waals surface area contributed by atoms with Crippen LogP contribution in [0, 0.1) is 6.42 Å². The average molecular weight is 336 g/mol. The van der Waals surface area contributed by atoms with Crippen molar-refractivity contribution in [3.63, 3.8) is 0 Å². The van der Waals surface area contributed by atoms with E-state index < -0.39 is 0 Å². The van der Waals surface area contributed by atoms with Gasteiger partial charge in [-0.15, -0.1) is 0 Å². The lowest BCUT2D eigenvalue weighted by Gasteiger charge is -2.12. The zero-order chi connectivity index (χ0) is 18.1. The van der Waals surface area contributed by atoms with E-state index in [1.807, 2.05) is 0 Å². The molecular weight excluding hydrogens is 300 g/mol. The third-order valence-electron chi connectivity index (χ3n) is 4.64. The zero-order valence-corrected chi connectivity index (χ0v) is 16.7. The van der Waals surface area contributed by atoms with Gasteiger partial charge in [-0.1, -0.05) is 89.8 Å². The monoisotopic (exact) mass is 335 g/mol. The Hall–Kier alpha value is -1.56. The van der Waals surface area contributed by atoms with Crippen molar-refractivity contribution in [1.29, 1.82) is 0 Å². The molecule has 0 aliphatic heterocycles. The molecule has 0 bridgehead atoms. The second-order valence-corrected chi connectivity index (χ2v) is 7.31. The molecule has 0 aliphatic carbocycles. The van der Waals surface area contributed by atoms with Crippen LogP contribution in [-0.2, 0) is 25.7 Å². The Bertz CT molecular complexity index is 545. The van der Waals surface area contributed by atoms with Crippen molar-refractivity contribution in [1.82, 2.24) is 0 Å². The summed E-state index contributed by atoms with van der Waals surface area (Å²) in [6.45, 7) is 9.06.